The van der Waals surface area contributed by atoms with Gasteiger partial charge in [0.15, 0.2) is 5.16 Å². The Balaban J connectivity index is 1.89. The Kier molecular flexibility index (Phi) is 7.27. The highest BCUT2D eigenvalue weighted by molar-refractivity contribution is 7.99. The van der Waals surface area contributed by atoms with Crippen LogP contribution in [0.25, 0.3) is 0 Å². The van der Waals surface area contributed by atoms with Gasteiger partial charge in [-0.2, -0.15) is 0 Å². The molecule has 0 unspecified atom stereocenters. The molecular formula is C17H25N5O2S. The summed E-state index contributed by atoms with van der Waals surface area (Å²) in [5, 5.41) is 9.92. The molecule has 0 bridgehead atoms. The van der Waals surface area contributed by atoms with Gasteiger partial charge in [-0.1, -0.05) is 49.0 Å². The van der Waals surface area contributed by atoms with Crippen LogP contribution in [-0.2, 0) is 11.3 Å². The van der Waals surface area contributed by atoms with Crippen LogP contribution in [-0.4, -0.2) is 52.0 Å². The fourth-order valence-corrected chi connectivity index (χ4v) is 3.30. The number of thioether (sulfide) groups is 1. The molecule has 1 aromatic heterocycles. The van der Waals surface area contributed by atoms with E-state index in [4.69, 9.17) is 0 Å². The second kappa shape index (κ2) is 9.43. The highest BCUT2D eigenvalue weighted by atomic mass is 32.2. The molecule has 1 atom stereocenters. The molecule has 0 fully saturated rings. The summed E-state index contributed by atoms with van der Waals surface area (Å²) in [6.07, 6.45) is 0.834. The van der Waals surface area contributed by atoms with Gasteiger partial charge in [0.25, 0.3) is 0 Å². The molecule has 1 aromatic carbocycles. The summed E-state index contributed by atoms with van der Waals surface area (Å²) in [5.41, 5.74) is 0.922. The fourth-order valence-electron chi connectivity index (χ4n) is 2.50. The molecule has 0 saturated carbocycles. The number of aromatic nitrogens is 3. The van der Waals surface area contributed by atoms with Gasteiger partial charge in [-0.25, -0.2) is 9.89 Å². The summed E-state index contributed by atoms with van der Waals surface area (Å²) in [7, 11) is 3.98. The van der Waals surface area contributed by atoms with Crippen molar-refractivity contribution >= 4 is 17.7 Å². The third-order valence-corrected chi connectivity index (χ3v) is 4.78. The van der Waals surface area contributed by atoms with Gasteiger partial charge in [-0.05, 0) is 26.1 Å². The van der Waals surface area contributed by atoms with E-state index < -0.39 is 0 Å². The first-order valence-electron chi connectivity index (χ1n) is 8.29. The minimum atomic E-state index is -0.235. The molecule has 7 nitrogen and oxygen atoms in total. The van der Waals surface area contributed by atoms with Crippen molar-refractivity contribution in [3.8, 4) is 0 Å². The summed E-state index contributed by atoms with van der Waals surface area (Å²) in [5.74, 6) is 0.148. The molecule has 1 heterocycles. The number of hydrogen-bond acceptors (Lipinski definition) is 5. The molecule has 1 amide bonds. The van der Waals surface area contributed by atoms with Crippen molar-refractivity contribution in [3.05, 3.63) is 46.4 Å². The van der Waals surface area contributed by atoms with Gasteiger partial charge >= 0.3 is 5.69 Å². The Labute approximate surface area is 151 Å². The van der Waals surface area contributed by atoms with E-state index in [1.165, 1.54) is 11.8 Å². The maximum absolute atomic E-state index is 12.2. The first-order valence-corrected chi connectivity index (χ1v) is 9.27. The van der Waals surface area contributed by atoms with E-state index in [-0.39, 0.29) is 23.4 Å². The number of benzene rings is 1. The maximum Gasteiger partial charge on any atom is 0.343 e. The van der Waals surface area contributed by atoms with Gasteiger partial charge in [-0.3, -0.25) is 9.36 Å². The van der Waals surface area contributed by atoms with Gasteiger partial charge in [0, 0.05) is 13.1 Å². The largest absolute Gasteiger partial charge is 0.353 e. The molecule has 136 valence electrons. The normalized spacial score (nSPS) is 12.3. The van der Waals surface area contributed by atoms with Crippen molar-refractivity contribution in [2.45, 2.75) is 31.1 Å². The van der Waals surface area contributed by atoms with E-state index >= 15 is 0 Å². The van der Waals surface area contributed by atoms with Crippen molar-refractivity contribution in [1.82, 2.24) is 25.0 Å². The molecule has 2 rings (SSSR count). The van der Waals surface area contributed by atoms with Crippen LogP contribution in [0.3, 0.4) is 0 Å². The molecule has 0 aliphatic rings. The predicted octanol–water partition coefficient (Wildman–Crippen LogP) is 1.49. The van der Waals surface area contributed by atoms with E-state index in [1.807, 2.05) is 39.2 Å². The fraction of sp³-hybridized carbons (Fsp3) is 0.471. The molecule has 0 saturated heterocycles. The van der Waals surface area contributed by atoms with Crippen LogP contribution in [0.5, 0.6) is 0 Å². The molecule has 2 aromatic rings. The molecule has 0 aliphatic carbocycles. The number of hydrogen-bond donors (Lipinski definition) is 2. The van der Waals surface area contributed by atoms with Gasteiger partial charge in [0.05, 0.1) is 11.8 Å². The van der Waals surface area contributed by atoms with Crippen molar-refractivity contribution in [1.29, 1.82) is 0 Å². The molecule has 2 N–H and O–H groups in total. The lowest BCUT2D eigenvalue weighted by atomic mass is 10.1. The standard InChI is InChI=1S/C17H25N5O2S/c1-4-10-22-16(24)19-20-17(22)25-12-15(23)18-11-14(21(2)3)13-8-6-5-7-9-13/h5-9,14H,4,10-12H2,1-3H3,(H,18,23)(H,19,24)/t14-/m1/s1. The molecule has 0 radical (unpaired) electrons. The van der Waals surface area contributed by atoms with Crippen LogP contribution in [0.1, 0.15) is 24.9 Å². The molecule has 25 heavy (non-hydrogen) atoms. The first-order chi connectivity index (χ1) is 12.0. The number of aromatic amines is 1. The van der Waals surface area contributed by atoms with E-state index in [0.29, 0.717) is 18.2 Å². The van der Waals surface area contributed by atoms with Crippen LogP contribution in [0.2, 0.25) is 0 Å². The average Bonchev–Trinajstić information content (AvgIpc) is 2.94. The zero-order valence-electron chi connectivity index (χ0n) is 14.9. The minimum Gasteiger partial charge on any atom is -0.353 e. The highest BCUT2D eigenvalue weighted by Gasteiger charge is 2.16. The van der Waals surface area contributed by atoms with Gasteiger partial charge < -0.3 is 10.2 Å². The van der Waals surface area contributed by atoms with Crippen molar-refractivity contribution in [3.63, 3.8) is 0 Å². The number of rotatable bonds is 9. The summed E-state index contributed by atoms with van der Waals surface area (Å²) in [4.78, 5) is 25.9. The number of likely N-dealkylation sites (N-methyl/N-ethyl adjacent to an activating group) is 1. The van der Waals surface area contributed by atoms with Crippen LogP contribution in [0.4, 0.5) is 0 Å². The Hall–Kier alpha value is -2.06. The van der Waals surface area contributed by atoms with Crippen molar-refractivity contribution < 1.29 is 4.79 Å². The summed E-state index contributed by atoms with van der Waals surface area (Å²) in [6, 6.07) is 10.2. The van der Waals surface area contributed by atoms with Crippen molar-refractivity contribution in [2.75, 3.05) is 26.4 Å². The van der Waals surface area contributed by atoms with Gasteiger partial charge in [0.2, 0.25) is 5.91 Å². The van der Waals surface area contributed by atoms with E-state index in [2.05, 4.69) is 32.5 Å². The Bertz CT molecular complexity index is 726. The lowest BCUT2D eigenvalue weighted by Crippen LogP contribution is -2.35. The van der Waals surface area contributed by atoms with Crippen molar-refractivity contribution in [2.24, 2.45) is 0 Å². The predicted molar refractivity (Wildman–Crippen MR) is 99.7 cm³/mol. The number of H-pyrrole nitrogens is 1. The Morgan fingerprint density at radius 2 is 2.08 bits per heavy atom. The number of carbonyl (C=O) groups is 1. The van der Waals surface area contributed by atoms with Crippen LogP contribution < -0.4 is 11.0 Å². The van der Waals surface area contributed by atoms with Crippen LogP contribution in [0, 0.1) is 0 Å². The van der Waals surface area contributed by atoms with E-state index in [1.54, 1.807) is 4.57 Å². The third kappa shape index (κ3) is 5.47. The lowest BCUT2D eigenvalue weighted by molar-refractivity contribution is -0.118. The number of nitrogens with zero attached hydrogens (tertiary/aromatic N) is 3. The SMILES string of the molecule is CCCn1c(SCC(=O)NC[C@H](c2ccccc2)N(C)C)n[nH]c1=O. The van der Waals surface area contributed by atoms with E-state index in [0.717, 1.165) is 12.0 Å². The minimum absolute atomic E-state index is 0.0775. The molecule has 8 heteroatoms. The van der Waals surface area contributed by atoms with Gasteiger partial charge in [0.1, 0.15) is 0 Å². The molecule has 0 spiro atoms. The zero-order chi connectivity index (χ0) is 18.2. The number of nitrogens with one attached hydrogen (secondary N) is 2. The van der Waals surface area contributed by atoms with E-state index in [9.17, 15) is 9.59 Å². The Morgan fingerprint density at radius 3 is 2.72 bits per heavy atom. The van der Waals surface area contributed by atoms with Gasteiger partial charge in [-0.15, -0.1) is 5.10 Å². The van der Waals surface area contributed by atoms with Crippen LogP contribution in [0.15, 0.2) is 40.3 Å². The number of amides is 1. The van der Waals surface area contributed by atoms with Crippen LogP contribution >= 0.6 is 11.8 Å². The Morgan fingerprint density at radius 1 is 1.36 bits per heavy atom. The second-order valence-electron chi connectivity index (χ2n) is 5.95. The summed E-state index contributed by atoms with van der Waals surface area (Å²) >= 11 is 1.27. The smallest absolute Gasteiger partial charge is 0.343 e. The first kappa shape index (κ1) is 19.3. The lowest BCUT2D eigenvalue weighted by Gasteiger charge is -2.25. The quantitative estimate of drug-likeness (QED) is 0.660. The topological polar surface area (TPSA) is 83.0 Å². The third-order valence-electron chi connectivity index (χ3n) is 3.80. The summed E-state index contributed by atoms with van der Waals surface area (Å²) < 4.78 is 1.56. The highest BCUT2D eigenvalue weighted by Crippen LogP contribution is 2.17. The molecule has 0 aliphatic heterocycles. The monoisotopic (exact) mass is 363 g/mol. The maximum atomic E-state index is 12.2. The zero-order valence-corrected chi connectivity index (χ0v) is 15.7. The number of carbonyl (C=O) groups excluding carboxylic acids is 1. The molecular weight excluding hydrogens is 338 g/mol. The summed E-state index contributed by atoms with van der Waals surface area (Å²) in [6.45, 7) is 3.11. The average molecular weight is 363 g/mol. The second-order valence-corrected chi connectivity index (χ2v) is 6.89.